The Kier molecular flexibility index (Phi) is 3.44. The van der Waals surface area contributed by atoms with Crippen molar-refractivity contribution in [3.8, 4) is 0 Å². The lowest BCUT2D eigenvalue weighted by Crippen LogP contribution is -2.41. The van der Waals surface area contributed by atoms with Gasteiger partial charge in [-0.1, -0.05) is 6.92 Å². The number of rotatable bonds is 6. The van der Waals surface area contributed by atoms with Crippen LogP contribution in [0.25, 0.3) is 0 Å². The van der Waals surface area contributed by atoms with Crippen LogP contribution < -0.4 is 5.73 Å². The molecule has 0 aliphatic heterocycles. The number of urea groups is 1. The molecule has 0 atom stereocenters. The van der Waals surface area contributed by atoms with E-state index < -0.39 is 0 Å². The van der Waals surface area contributed by atoms with Gasteiger partial charge in [0.05, 0.1) is 6.04 Å². The van der Waals surface area contributed by atoms with E-state index in [0.29, 0.717) is 6.04 Å². The topological polar surface area (TPSA) is 46.3 Å². The summed E-state index contributed by atoms with van der Waals surface area (Å²) in [6, 6.07) is 0.205. The number of nitrogens with zero attached hydrogens (tertiary/aromatic N) is 1. The van der Waals surface area contributed by atoms with Crippen molar-refractivity contribution in [2.45, 2.75) is 45.1 Å². The summed E-state index contributed by atoms with van der Waals surface area (Å²) in [7, 11) is 0. The van der Waals surface area contributed by atoms with Crippen molar-refractivity contribution in [3.63, 3.8) is 0 Å². The van der Waals surface area contributed by atoms with E-state index >= 15 is 0 Å². The zero-order valence-corrected chi connectivity index (χ0v) is 10.1. The Balaban J connectivity index is 1.96. The minimum atomic E-state index is -0.239. The maximum absolute atomic E-state index is 11.4. The summed E-state index contributed by atoms with van der Waals surface area (Å²) >= 11 is 1.63. The fourth-order valence-electron chi connectivity index (χ4n) is 2.13. The molecule has 0 radical (unpaired) electrons. The number of carbonyl (C=O) groups is 1. The van der Waals surface area contributed by atoms with Gasteiger partial charge in [0.1, 0.15) is 0 Å². The van der Waals surface area contributed by atoms with E-state index in [1.807, 2.05) is 4.31 Å². The van der Waals surface area contributed by atoms with Crippen LogP contribution in [0.2, 0.25) is 0 Å². The second-order valence-corrected chi connectivity index (χ2v) is 5.72. The van der Waals surface area contributed by atoms with Gasteiger partial charge in [0.25, 0.3) is 0 Å². The second-order valence-electron chi connectivity index (χ2n) is 4.66. The summed E-state index contributed by atoms with van der Waals surface area (Å²) in [5.41, 5.74) is 5.48. The summed E-state index contributed by atoms with van der Waals surface area (Å²) < 4.78 is 1.87. The summed E-state index contributed by atoms with van der Waals surface area (Å²) in [4.78, 5) is 11.4. The highest BCUT2D eigenvalue weighted by Crippen LogP contribution is 2.48. The average molecular weight is 228 g/mol. The second kappa shape index (κ2) is 4.64. The van der Waals surface area contributed by atoms with Gasteiger partial charge in [-0.15, -0.1) is 0 Å². The standard InChI is InChI=1S/C11H20N2OS/c1-2-7-15-13(11(12)14)10(8-3-4-8)9-5-6-9/h8-10H,2-7H2,1H3,(H2,12,14). The molecule has 2 amide bonds. The molecule has 0 bridgehead atoms. The lowest BCUT2D eigenvalue weighted by Gasteiger charge is -2.29. The first-order chi connectivity index (χ1) is 7.24. The molecule has 0 aromatic carbocycles. The molecule has 0 aromatic rings. The highest BCUT2D eigenvalue weighted by molar-refractivity contribution is 7.97. The first kappa shape index (κ1) is 11.1. The Morgan fingerprint density at radius 3 is 2.27 bits per heavy atom. The predicted octanol–water partition coefficient (Wildman–Crippen LogP) is 2.61. The third-order valence-corrected chi connectivity index (χ3v) is 4.42. The van der Waals surface area contributed by atoms with E-state index in [4.69, 9.17) is 5.73 Å². The monoisotopic (exact) mass is 228 g/mol. The summed E-state index contributed by atoms with van der Waals surface area (Å²) in [5, 5.41) is 0. The van der Waals surface area contributed by atoms with Gasteiger partial charge < -0.3 is 5.73 Å². The van der Waals surface area contributed by atoms with Crippen LogP contribution >= 0.6 is 11.9 Å². The van der Waals surface area contributed by atoms with Gasteiger partial charge in [-0.3, -0.25) is 4.31 Å². The van der Waals surface area contributed by atoms with Gasteiger partial charge in [-0.2, -0.15) is 0 Å². The van der Waals surface area contributed by atoms with Crippen molar-refractivity contribution in [2.24, 2.45) is 17.6 Å². The average Bonchev–Trinajstić information content (AvgIpc) is 3.02. The smallest absolute Gasteiger partial charge is 0.325 e. The first-order valence-corrected chi connectivity index (χ1v) is 6.90. The number of primary amides is 1. The number of nitrogens with two attached hydrogens (primary N) is 1. The number of amides is 2. The highest BCUT2D eigenvalue weighted by Gasteiger charge is 2.46. The number of carbonyl (C=O) groups excluding carboxylic acids is 1. The van der Waals surface area contributed by atoms with Gasteiger partial charge in [-0.05, 0) is 55.9 Å². The normalized spacial score (nSPS) is 20.7. The summed E-state index contributed by atoms with van der Waals surface area (Å²) in [6.07, 6.45) is 6.25. The van der Waals surface area contributed by atoms with E-state index in [-0.39, 0.29) is 6.03 Å². The van der Waals surface area contributed by atoms with Crippen molar-refractivity contribution in [1.29, 1.82) is 0 Å². The van der Waals surface area contributed by atoms with Gasteiger partial charge >= 0.3 is 6.03 Å². The maximum atomic E-state index is 11.4. The SMILES string of the molecule is CCCSN(C(N)=O)C(C1CC1)C1CC1. The zero-order valence-electron chi connectivity index (χ0n) is 9.32. The van der Waals surface area contributed by atoms with Crippen LogP contribution in [0.5, 0.6) is 0 Å². The van der Waals surface area contributed by atoms with Crippen LogP contribution in [-0.2, 0) is 0 Å². The molecule has 2 saturated carbocycles. The minimum Gasteiger partial charge on any atom is -0.351 e. The third kappa shape index (κ3) is 2.80. The Morgan fingerprint density at radius 1 is 1.40 bits per heavy atom. The first-order valence-electron chi connectivity index (χ1n) is 5.95. The van der Waals surface area contributed by atoms with Gasteiger partial charge in [0.2, 0.25) is 0 Å². The molecule has 2 N–H and O–H groups in total. The minimum absolute atomic E-state index is 0.239. The fourth-order valence-corrected chi connectivity index (χ4v) is 3.15. The van der Waals surface area contributed by atoms with Gasteiger partial charge in [0.15, 0.2) is 0 Å². The summed E-state index contributed by atoms with van der Waals surface area (Å²) in [6.45, 7) is 2.13. The van der Waals surface area contributed by atoms with E-state index in [0.717, 1.165) is 24.0 Å². The maximum Gasteiger partial charge on any atom is 0.325 e. The highest BCUT2D eigenvalue weighted by atomic mass is 32.2. The molecular formula is C11H20N2OS. The molecule has 0 unspecified atom stereocenters. The van der Waals surface area contributed by atoms with Crippen molar-refractivity contribution in [3.05, 3.63) is 0 Å². The molecule has 4 heteroatoms. The number of hydrogen-bond acceptors (Lipinski definition) is 2. The molecular weight excluding hydrogens is 208 g/mol. The molecule has 0 heterocycles. The van der Waals surface area contributed by atoms with Gasteiger partial charge in [0, 0.05) is 5.75 Å². The molecule has 2 fully saturated rings. The molecule has 15 heavy (non-hydrogen) atoms. The Hall–Kier alpha value is -0.380. The van der Waals surface area contributed by atoms with Gasteiger partial charge in [-0.25, -0.2) is 4.79 Å². The molecule has 0 aromatic heterocycles. The molecule has 2 aliphatic rings. The lowest BCUT2D eigenvalue weighted by molar-refractivity contribution is 0.215. The van der Waals surface area contributed by atoms with E-state index in [2.05, 4.69) is 6.92 Å². The Morgan fingerprint density at radius 2 is 1.93 bits per heavy atom. The van der Waals surface area contributed by atoms with Crippen molar-refractivity contribution >= 4 is 18.0 Å². The molecule has 0 spiro atoms. The Labute approximate surface area is 95.9 Å². The van der Waals surface area contributed by atoms with Crippen LogP contribution in [0.1, 0.15) is 39.0 Å². The zero-order chi connectivity index (χ0) is 10.8. The lowest BCUT2D eigenvalue weighted by atomic mass is 10.1. The van der Waals surface area contributed by atoms with Crippen molar-refractivity contribution < 1.29 is 4.79 Å². The van der Waals surface area contributed by atoms with Crippen LogP contribution in [0, 0.1) is 11.8 Å². The van der Waals surface area contributed by atoms with Crippen LogP contribution in [0.4, 0.5) is 4.79 Å². The molecule has 2 aliphatic carbocycles. The molecule has 2 rings (SSSR count). The largest absolute Gasteiger partial charge is 0.351 e. The molecule has 0 saturated heterocycles. The van der Waals surface area contributed by atoms with Crippen molar-refractivity contribution in [2.75, 3.05) is 5.75 Å². The van der Waals surface area contributed by atoms with Crippen LogP contribution in [0.15, 0.2) is 0 Å². The van der Waals surface area contributed by atoms with Crippen LogP contribution in [-0.4, -0.2) is 22.1 Å². The Bertz CT molecular complexity index is 227. The van der Waals surface area contributed by atoms with Crippen LogP contribution in [0.3, 0.4) is 0 Å². The van der Waals surface area contributed by atoms with E-state index in [1.165, 1.54) is 25.7 Å². The quantitative estimate of drug-likeness (QED) is 0.710. The van der Waals surface area contributed by atoms with E-state index in [1.54, 1.807) is 11.9 Å². The fraction of sp³-hybridized carbons (Fsp3) is 0.909. The number of hydrogen-bond donors (Lipinski definition) is 1. The molecule has 3 nitrogen and oxygen atoms in total. The predicted molar refractivity (Wildman–Crippen MR) is 63.4 cm³/mol. The third-order valence-electron chi connectivity index (χ3n) is 3.13. The van der Waals surface area contributed by atoms with Crippen molar-refractivity contribution in [1.82, 2.24) is 4.31 Å². The molecule has 86 valence electrons. The summed E-state index contributed by atoms with van der Waals surface area (Å²) in [5.74, 6) is 2.49. The van der Waals surface area contributed by atoms with E-state index in [9.17, 15) is 4.79 Å².